The summed E-state index contributed by atoms with van der Waals surface area (Å²) in [7, 11) is 1.65. The number of H-pyrrole nitrogens is 1. The third-order valence-electron chi connectivity index (χ3n) is 4.94. The second-order valence-corrected chi connectivity index (χ2v) is 6.58. The molecule has 2 amide bonds. The van der Waals surface area contributed by atoms with Gasteiger partial charge in [-0.2, -0.15) is 0 Å². The molecule has 0 bridgehead atoms. The summed E-state index contributed by atoms with van der Waals surface area (Å²) in [6.07, 6.45) is 1.94. The zero-order valence-corrected chi connectivity index (χ0v) is 14.2. The summed E-state index contributed by atoms with van der Waals surface area (Å²) < 4.78 is 13.6. The van der Waals surface area contributed by atoms with Crippen molar-refractivity contribution in [2.45, 2.75) is 12.5 Å². The van der Waals surface area contributed by atoms with Crippen LogP contribution in [-0.4, -0.2) is 28.7 Å². The fourth-order valence-electron chi connectivity index (χ4n) is 3.61. The number of nitrogens with zero attached hydrogens (tertiary/aromatic N) is 1. The Labute approximate surface area is 149 Å². The fraction of sp³-hybridized carbons (Fsp3) is 0.200. The Hall–Kier alpha value is -3.15. The van der Waals surface area contributed by atoms with Crippen LogP contribution in [0, 0.1) is 11.7 Å². The number of nitrogens with one attached hydrogen (secondary N) is 2. The molecule has 1 aliphatic rings. The lowest BCUT2D eigenvalue weighted by atomic mass is 9.92. The highest BCUT2D eigenvalue weighted by molar-refractivity contribution is 5.99. The van der Waals surface area contributed by atoms with Gasteiger partial charge in [-0.15, -0.1) is 0 Å². The van der Waals surface area contributed by atoms with E-state index in [2.05, 4.69) is 10.3 Å². The predicted octanol–water partition coefficient (Wildman–Crippen LogP) is 3.47. The van der Waals surface area contributed by atoms with Crippen molar-refractivity contribution in [3.8, 4) is 0 Å². The van der Waals surface area contributed by atoms with E-state index in [4.69, 9.17) is 0 Å². The molecule has 0 saturated carbocycles. The molecule has 26 heavy (non-hydrogen) atoms. The Morgan fingerprint density at radius 2 is 2.08 bits per heavy atom. The molecule has 1 saturated heterocycles. The van der Waals surface area contributed by atoms with Crippen molar-refractivity contribution in [1.82, 2.24) is 9.88 Å². The van der Waals surface area contributed by atoms with Crippen molar-refractivity contribution in [3.63, 3.8) is 0 Å². The van der Waals surface area contributed by atoms with Crippen LogP contribution in [0.3, 0.4) is 0 Å². The van der Waals surface area contributed by atoms with Crippen molar-refractivity contribution in [1.29, 1.82) is 0 Å². The largest absolute Gasteiger partial charge is 0.361 e. The molecule has 0 aliphatic carbocycles. The predicted molar refractivity (Wildman–Crippen MR) is 96.9 cm³/mol. The maximum absolute atomic E-state index is 13.6. The van der Waals surface area contributed by atoms with E-state index in [1.807, 2.05) is 30.5 Å². The maximum atomic E-state index is 13.6. The molecule has 5 nitrogen and oxygen atoms in total. The Balaban J connectivity index is 1.61. The van der Waals surface area contributed by atoms with Crippen LogP contribution in [0.25, 0.3) is 10.9 Å². The summed E-state index contributed by atoms with van der Waals surface area (Å²) in [6, 6.07) is 13.1. The number of aromatic nitrogens is 1. The number of aromatic amines is 1. The van der Waals surface area contributed by atoms with Crippen LogP contribution in [0.2, 0.25) is 0 Å². The topological polar surface area (TPSA) is 65.2 Å². The summed E-state index contributed by atoms with van der Waals surface area (Å²) in [4.78, 5) is 29.7. The molecule has 4 rings (SSSR count). The molecule has 6 heteroatoms. The van der Waals surface area contributed by atoms with Crippen LogP contribution >= 0.6 is 0 Å². The number of rotatable bonds is 3. The van der Waals surface area contributed by atoms with E-state index in [-0.39, 0.29) is 24.1 Å². The van der Waals surface area contributed by atoms with E-state index < -0.39 is 12.0 Å². The number of hydrogen-bond acceptors (Lipinski definition) is 2. The third kappa shape index (κ3) is 2.83. The first-order chi connectivity index (χ1) is 12.5. The summed E-state index contributed by atoms with van der Waals surface area (Å²) in [5, 5.41) is 3.94. The molecule has 1 aromatic heterocycles. The minimum Gasteiger partial charge on any atom is -0.361 e. The van der Waals surface area contributed by atoms with Crippen molar-refractivity contribution in [2.75, 3.05) is 12.4 Å². The highest BCUT2D eigenvalue weighted by Crippen LogP contribution is 2.38. The van der Waals surface area contributed by atoms with Gasteiger partial charge in [0.1, 0.15) is 5.82 Å². The molecule has 3 aromatic rings. The lowest BCUT2D eigenvalue weighted by Gasteiger charge is -2.25. The SMILES string of the molecule is CN1C(=O)CC(C(=O)Nc2ccc3cc[nH]c3c2)C1c1cccc(F)c1. The summed E-state index contributed by atoms with van der Waals surface area (Å²) in [5.41, 5.74) is 2.20. The average molecular weight is 351 g/mol. The normalized spacial score (nSPS) is 19.9. The number of fused-ring (bicyclic) bond motifs is 1. The van der Waals surface area contributed by atoms with Gasteiger partial charge in [0.05, 0.1) is 12.0 Å². The van der Waals surface area contributed by atoms with Gasteiger partial charge in [0, 0.05) is 30.9 Å². The van der Waals surface area contributed by atoms with Crippen LogP contribution in [0.1, 0.15) is 18.0 Å². The second kappa shape index (κ2) is 6.29. The molecule has 0 spiro atoms. The van der Waals surface area contributed by atoms with Gasteiger partial charge in [-0.1, -0.05) is 18.2 Å². The molecule has 2 unspecified atom stereocenters. The zero-order valence-electron chi connectivity index (χ0n) is 14.2. The average Bonchev–Trinajstić information content (AvgIpc) is 3.19. The molecule has 2 N–H and O–H groups in total. The van der Waals surface area contributed by atoms with Gasteiger partial charge < -0.3 is 15.2 Å². The highest BCUT2D eigenvalue weighted by atomic mass is 19.1. The maximum Gasteiger partial charge on any atom is 0.230 e. The van der Waals surface area contributed by atoms with E-state index in [1.165, 1.54) is 17.0 Å². The lowest BCUT2D eigenvalue weighted by Crippen LogP contribution is -2.30. The van der Waals surface area contributed by atoms with Crippen molar-refractivity contribution < 1.29 is 14.0 Å². The number of carbonyl (C=O) groups excluding carboxylic acids is 2. The zero-order chi connectivity index (χ0) is 18.3. The number of anilines is 1. The number of amides is 2. The van der Waals surface area contributed by atoms with Gasteiger partial charge in [0.15, 0.2) is 0 Å². The van der Waals surface area contributed by atoms with Gasteiger partial charge in [-0.25, -0.2) is 4.39 Å². The van der Waals surface area contributed by atoms with Crippen LogP contribution in [0.5, 0.6) is 0 Å². The molecule has 1 fully saturated rings. The van der Waals surface area contributed by atoms with Crippen molar-refractivity contribution in [2.24, 2.45) is 5.92 Å². The standard InChI is InChI=1S/C20H18FN3O2/c1-24-18(25)11-16(19(24)13-3-2-4-14(21)9-13)20(26)23-15-6-5-12-7-8-22-17(12)10-15/h2-10,16,19,22H,11H2,1H3,(H,23,26). The van der Waals surface area contributed by atoms with E-state index in [1.54, 1.807) is 19.2 Å². The Bertz CT molecular complexity index is 997. The Kier molecular flexibility index (Phi) is 3.95. The number of carbonyl (C=O) groups is 2. The number of hydrogen-bond donors (Lipinski definition) is 2. The van der Waals surface area contributed by atoms with E-state index >= 15 is 0 Å². The van der Waals surface area contributed by atoms with Crippen molar-refractivity contribution in [3.05, 3.63) is 66.1 Å². The van der Waals surface area contributed by atoms with Crippen LogP contribution < -0.4 is 5.32 Å². The molecule has 2 atom stereocenters. The number of likely N-dealkylation sites (tertiary alicyclic amines) is 1. The van der Waals surface area contributed by atoms with E-state index in [9.17, 15) is 14.0 Å². The summed E-state index contributed by atoms with van der Waals surface area (Å²) in [6.45, 7) is 0. The highest BCUT2D eigenvalue weighted by Gasteiger charge is 2.42. The summed E-state index contributed by atoms with van der Waals surface area (Å²) in [5.74, 6) is -1.33. The Morgan fingerprint density at radius 3 is 2.88 bits per heavy atom. The first-order valence-electron chi connectivity index (χ1n) is 8.42. The van der Waals surface area contributed by atoms with Crippen molar-refractivity contribution >= 4 is 28.4 Å². The van der Waals surface area contributed by atoms with Gasteiger partial charge in [0.2, 0.25) is 11.8 Å². The fourth-order valence-corrected chi connectivity index (χ4v) is 3.61. The quantitative estimate of drug-likeness (QED) is 0.759. The lowest BCUT2D eigenvalue weighted by molar-refractivity contribution is -0.128. The monoisotopic (exact) mass is 351 g/mol. The van der Waals surface area contributed by atoms with Gasteiger partial charge in [0.25, 0.3) is 0 Å². The minimum absolute atomic E-state index is 0.105. The Morgan fingerprint density at radius 1 is 1.23 bits per heavy atom. The smallest absolute Gasteiger partial charge is 0.230 e. The first-order valence-corrected chi connectivity index (χ1v) is 8.42. The molecule has 0 radical (unpaired) electrons. The summed E-state index contributed by atoms with van der Waals surface area (Å²) >= 11 is 0. The van der Waals surface area contributed by atoms with Gasteiger partial charge in [-0.05, 0) is 41.3 Å². The number of benzene rings is 2. The number of halogens is 1. The van der Waals surface area contributed by atoms with E-state index in [0.717, 1.165) is 10.9 Å². The van der Waals surface area contributed by atoms with Gasteiger partial charge >= 0.3 is 0 Å². The molecule has 1 aliphatic heterocycles. The molecular formula is C20H18FN3O2. The molecule has 2 heterocycles. The van der Waals surface area contributed by atoms with Crippen LogP contribution in [0.15, 0.2) is 54.7 Å². The van der Waals surface area contributed by atoms with Crippen LogP contribution in [0.4, 0.5) is 10.1 Å². The molecule has 2 aromatic carbocycles. The molecule has 132 valence electrons. The van der Waals surface area contributed by atoms with Gasteiger partial charge in [-0.3, -0.25) is 9.59 Å². The second-order valence-electron chi connectivity index (χ2n) is 6.58. The van der Waals surface area contributed by atoms with E-state index in [0.29, 0.717) is 11.3 Å². The minimum atomic E-state index is -0.575. The third-order valence-corrected chi connectivity index (χ3v) is 4.94. The molecular weight excluding hydrogens is 333 g/mol. The first kappa shape index (κ1) is 16.3. The van der Waals surface area contributed by atoms with Crippen LogP contribution in [-0.2, 0) is 9.59 Å².